The van der Waals surface area contributed by atoms with Crippen molar-refractivity contribution < 1.29 is 13.9 Å². The molecule has 0 radical (unpaired) electrons. The molecular formula is C19H20BrN3O3. The molecule has 1 amide bonds. The zero-order valence-electron chi connectivity index (χ0n) is 14.9. The number of carbonyl (C=O) groups is 1. The lowest BCUT2D eigenvalue weighted by molar-refractivity contribution is 0.0749. The predicted octanol–water partition coefficient (Wildman–Crippen LogP) is 3.94. The Morgan fingerprint density at radius 3 is 2.65 bits per heavy atom. The van der Waals surface area contributed by atoms with Gasteiger partial charge in [0.25, 0.3) is 5.91 Å². The van der Waals surface area contributed by atoms with Crippen molar-refractivity contribution in [2.24, 2.45) is 7.05 Å². The molecule has 7 heteroatoms. The number of benzene rings is 1. The molecule has 0 aliphatic rings. The van der Waals surface area contributed by atoms with Crippen molar-refractivity contribution in [1.82, 2.24) is 14.7 Å². The number of carbonyl (C=O) groups excluding carboxylic acids is 1. The molecule has 0 aliphatic carbocycles. The van der Waals surface area contributed by atoms with Gasteiger partial charge in [-0.15, -0.1) is 0 Å². The largest absolute Gasteiger partial charge is 0.486 e. The van der Waals surface area contributed by atoms with E-state index in [9.17, 15) is 4.79 Å². The van der Waals surface area contributed by atoms with Gasteiger partial charge in [0.15, 0.2) is 5.76 Å². The van der Waals surface area contributed by atoms with Gasteiger partial charge in [-0.3, -0.25) is 9.48 Å². The first kappa shape index (κ1) is 18.3. The predicted molar refractivity (Wildman–Crippen MR) is 101 cm³/mol. The first-order valence-corrected chi connectivity index (χ1v) is 8.93. The molecule has 0 spiro atoms. The maximum atomic E-state index is 12.6. The summed E-state index contributed by atoms with van der Waals surface area (Å²) in [5.41, 5.74) is 2.04. The fraction of sp³-hybridized carbons (Fsp3) is 0.263. The van der Waals surface area contributed by atoms with E-state index in [0.29, 0.717) is 18.1 Å². The van der Waals surface area contributed by atoms with Crippen LogP contribution in [-0.2, 0) is 20.2 Å². The Labute approximate surface area is 160 Å². The smallest absolute Gasteiger partial charge is 0.289 e. The van der Waals surface area contributed by atoms with Crippen LogP contribution in [0.1, 0.15) is 27.6 Å². The van der Waals surface area contributed by atoms with Crippen LogP contribution in [0, 0.1) is 6.92 Å². The Balaban J connectivity index is 1.60. The summed E-state index contributed by atoms with van der Waals surface area (Å²) in [5.74, 6) is 1.45. The normalized spacial score (nSPS) is 10.8. The van der Waals surface area contributed by atoms with E-state index in [0.717, 1.165) is 21.5 Å². The fourth-order valence-corrected chi connectivity index (χ4v) is 2.73. The van der Waals surface area contributed by atoms with Gasteiger partial charge in [0, 0.05) is 36.4 Å². The summed E-state index contributed by atoms with van der Waals surface area (Å²) in [6, 6.07) is 11.0. The summed E-state index contributed by atoms with van der Waals surface area (Å²) < 4.78 is 14.1. The van der Waals surface area contributed by atoms with Crippen molar-refractivity contribution in [3.63, 3.8) is 0 Å². The van der Waals surface area contributed by atoms with Crippen LogP contribution in [0.25, 0.3) is 0 Å². The van der Waals surface area contributed by atoms with E-state index in [-0.39, 0.29) is 12.5 Å². The molecule has 0 atom stereocenters. The zero-order chi connectivity index (χ0) is 18.7. The maximum absolute atomic E-state index is 12.6. The third-order valence-electron chi connectivity index (χ3n) is 4.16. The third-order valence-corrected chi connectivity index (χ3v) is 4.69. The van der Waals surface area contributed by atoms with Crippen molar-refractivity contribution in [3.8, 4) is 5.75 Å². The van der Waals surface area contributed by atoms with Gasteiger partial charge in [0.1, 0.15) is 18.1 Å². The second-order valence-electron chi connectivity index (χ2n) is 6.05. The van der Waals surface area contributed by atoms with E-state index in [4.69, 9.17) is 9.15 Å². The van der Waals surface area contributed by atoms with Gasteiger partial charge in [-0.2, -0.15) is 5.10 Å². The number of hydrogen-bond donors (Lipinski definition) is 0. The number of furan rings is 1. The number of halogens is 1. The summed E-state index contributed by atoms with van der Waals surface area (Å²) in [6.45, 7) is 2.72. The molecule has 136 valence electrons. The molecule has 3 aromatic rings. The quantitative estimate of drug-likeness (QED) is 0.609. The summed E-state index contributed by atoms with van der Waals surface area (Å²) >= 11 is 3.38. The number of hydrogen-bond acceptors (Lipinski definition) is 4. The lowest BCUT2D eigenvalue weighted by Gasteiger charge is -2.15. The number of ether oxygens (including phenoxy) is 1. The van der Waals surface area contributed by atoms with E-state index in [1.54, 1.807) is 35.0 Å². The molecule has 1 aromatic carbocycles. The molecule has 0 fully saturated rings. The highest BCUT2D eigenvalue weighted by atomic mass is 79.9. The Hall–Kier alpha value is -2.54. The molecular weight excluding hydrogens is 398 g/mol. The van der Waals surface area contributed by atoms with Crippen molar-refractivity contribution in [3.05, 3.63) is 69.8 Å². The van der Waals surface area contributed by atoms with Crippen LogP contribution < -0.4 is 4.74 Å². The molecule has 0 saturated carbocycles. The molecule has 0 unspecified atom stereocenters. The van der Waals surface area contributed by atoms with Gasteiger partial charge >= 0.3 is 0 Å². The Morgan fingerprint density at radius 1 is 1.27 bits per heavy atom. The monoisotopic (exact) mass is 417 g/mol. The van der Waals surface area contributed by atoms with E-state index >= 15 is 0 Å². The third kappa shape index (κ3) is 4.16. The standard InChI is InChI=1S/C19H20BrN3O3/c1-13-14(10-21-23(13)3)11-22(2)19(24)18-9-8-17(26-18)12-25-16-6-4-15(20)5-7-16/h4-10H,11-12H2,1-3H3. The molecule has 3 rings (SSSR count). The van der Waals surface area contributed by atoms with Crippen LogP contribution in [0.2, 0.25) is 0 Å². The first-order valence-electron chi connectivity index (χ1n) is 8.14. The fourth-order valence-electron chi connectivity index (χ4n) is 2.47. The molecule has 6 nitrogen and oxygen atoms in total. The Kier molecular flexibility index (Phi) is 5.46. The van der Waals surface area contributed by atoms with Crippen molar-refractivity contribution in [1.29, 1.82) is 0 Å². The lowest BCUT2D eigenvalue weighted by Crippen LogP contribution is -2.26. The van der Waals surface area contributed by atoms with Gasteiger partial charge in [-0.25, -0.2) is 0 Å². The van der Waals surface area contributed by atoms with Gasteiger partial charge in [0.2, 0.25) is 0 Å². The number of amides is 1. The molecule has 2 aromatic heterocycles. The highest BCUT2D eigenvalue weighted by molar-refractivity contribution is 9.10. The van der Waals surface area contributed by atoms with Crippen LogP contribution in [0.15, 0.2) is 51.5 Å². The van der Waals surface area contributed by atoms with Gasteiger partial charge < -0.3 is 14.1 Å². The minimum Gasteiger partial charge on any atom is -0.486 e. The molecule has 0 N–H and O–H groups in total. The van der Waals surface area contributed by atoms with E-state index < -0.39 is 0 Å². The van der Waals surface area contributed by atoms with Gasteiger partial charge in [0.05, 0.1) is 6.20 Å². The van der Waals surface area contributed by atoms with Gasteiger partial charge in [-0.05, 0) is 43.3 Å². The van der Waals surface area contributed by atoms with E-state index in [1.807, 2.05) is 38.2 Å². The summed E-state index contributed by atoms with van der Waals surface area (Å²) in [5, 5.41) is 4.20. The average Bonchev–Trinajstić information content (AvgIpc) is 3.23. The highest BCUT2D eigenvalue weighted by Crippen LogP contribution is 2.19. The lowest BCUT2D eigenvalue weighted by atomic mass is 10.2. The maximum Gasteiger partial charge on any atom is 0.289 e. The molecule has 2 heterocycles. The molecule has 0 bridgehead atoms. The van der Waals surface area contributed by atoms with Crippen molar-refractivity contribution in [2.45, 2.75) is 20.1 Å². The number of nitrogens with zero attached hydrogens (tertiary/aromatic N) is 3. The molecule has 26 heavy (non-hydrogen) atoms. The number of aromatic nitrogens is 2. The Bertz CT molecular complexity index is 899. The minimum absolute atomic E-state index is 0.178. The summed E-state index contributed by atoms with van der Waals surface area (Å²) in [6.07, 6.45) is 1.78. The minimum atomic E-state index is -0.178. The summed E-state index contributed by atoms with van der Waals surface area (Å²) in [4.78, 5) is 14.2. The topological polar surface area (TPSA) is 60.5 Å². The summed E-state index contributed by atoms with van der Waals surface area (Å²) in [7, 11) is 3.63. The SMILES string of the molecule is Cc1c(CN(C)C(=O)c2ccc(COc3ccc(Br)cc3)o2)cnn1C. The highest BCUT2D eigenvalue weighted by Gasteiger charge is 2.18. The van der Waals surface area contributed by atoms with Crippen LogP contribution in [-0.4, -0.2) is 27.6 Å². The van der Waals surface area contributed by atoms with Crippen LogP contribution in [0.5, 0.6) is 5.75 Å². The van der Waals surface area contributed by atoms with Crippen LogP contribution in [0.3, 0.4) is 0 Å². The average molecular weight is 418 g/mol. The number of aryl methyl sites for hydroxylation is 1. The Morgan fingerprint density at radius 2 is 2.00 bits per heavy atom. The first-order chi connectivity index (χ1) is 12.4. The van der Waals surface area contributed by atoms with E-state index in [1.165, 1.54) is 0 Å². The van der Waals surface area contributed by atoms with Crippen LogP contribution in [0.4, 0.5) is 0 Å². The van der Waals surface area contributed by atoms with Crippen molar-refractivity contribution >= 4 is 21.8 Å². The molecule has 0 saturated heterocycles. The number of rotatable bonds is 6. The second kappa shape index (κ2) is 7.78. The van der Waals surface area contributed by atoms with Crippen molar-refractivity contribution in [2.75, 3.05) is 7.05 Å². The van der Waals surface area contributed by atoms with Gasteiger partial charge in [-0.1, -0.05) is 15.9 Å². The van der Waals surface area contributed by atoms with Crippen LogP contribution >= 0.6 is 15.9 Å². The second-order valence-corrected chi connectivity index (χ2v) is 6.96. The zero-order valence-corrected chi connectivity index (χ0v) is 16.5. The van der Waals surface area contributed by atoms with E-state index in [2.05, 4.69) is 21.0 Å². The molecule has 0 aliphatic heterocycles.